The van der Waals surface area contributed by atoms with Crippen molar-refractivity contribution >= 4 is 37.8 Å². The molecule has 10 nitrogen and oxygen atoms in total. The Morgan fingerprint density at radius 1 is 1.04 bits per heavy atom. The molecule has 0 radical (unpaired) electrons. The van der Waals surface area contributed by atoms with E-state index >= 15 is 4.39 Å². The second-order valence-electron chi connectivity index (χ2n) is 13.7. The van der Waals surface area contributed by atoms with E-state index in [9.17, 15) is 17.6 Å². The van der Waals surface area contributed by atoms with Crippen molar-refractivity contribution < 1.29 is 26.7 Å². The number of hydrogen-bond acceptors (Lipinski definition) is 7. The van der Waals surface area contributed by atoms with Crippen molar-refractivity contribution in [2.75, 3.05) is 19.9 Å². The number of ether oxygens (including phenoxy) is 1. The van der Waals surface area contributed by atoms with Gasteiger partial charge in [0.25, 0.3) is 5.91 Å². The molecule has 5 aromatic rings. The number of nitrogens with two attached hydrogens (primary N) is 1. The van der Waals surface area contributed by atoms with E-state index < -0.39 is 27.2 Å². The van der Waals surface area contributed by atoms with Crippen molar-refractivity contribution in [3.63, 3.8) is 0 Å². The van der Waals surface area contributed by atoms with Gasteiger partial charge in [-0.05, 0) is 80.0 Å². The molecular weight excluding hydrogens is 638 g/mol. The summed E-state index contributed by atoms with van der Waals surface area (Å²) >= 11 is 0. The number of sulfone groups is 1. The maximum absolute atomic E-state index is 15.3. The molecule has 48 heavy (non-hydrogen) atoms. The summed E-state index contributed by atoms with van der Waals surface area (Å²) in [5.74, 6) is -0.253. The molecule has 3 aromatic heterocycles. The van der Waals surface area contributed by atoms with Gasteiger partial charge in [-0.25, -0.2) is 27.2 Å². The molecule has 8 rings (SSSR count). The molecule has 1 saturated heterocycles. The Hall–Kier alpha value is -4.36. The van der Waals surface area contributed by atoms with Crippen molar-refractivity contribution in [3.8, 4) is 28.5 Å². The average molecular weight is 675 g/mol. The SMILES string of the molecule is COc1cc(C(=O)N2CC3CCC2[C@@H]3N)cc2nc(-c3cc4ccc(-c5cc(F)c(CS(C)(=O)=O)cc5F)nc4n3CC3CC3)n(C)c12. The first-order chi connectivity index (χ1) is 22.9. The number of halogens is 2. The first kappa shape index (κ1) is 30.9. The Labute approximate surface area is 276 Å². The molecule has 2 N–H and O–H groups in total. The number of hydrogen-bond donors (Lipinski definition) is 1. The van der Waals surface area contributed by atoms with Crippen molar-refractivity contribution in [1.29, 1.82) is 0 Å². The molecule has 13 heteroatoms. The van der Waals surface area contributed by atoms with Gasteiger partial charge in [0.2, 0.25) is 0 Å². The minimum absolute atomic E-state index is 0.0123. The number of benzene rings is 2. The highest BCUT2D eigenvalue weighted by Crippen LogP contribution is 2.40. The van der Waals surface area contributed by atoms with Gasteiger partial charge in [0.1, 0.15) is 28.5 Å². The van der Waals surface area contributed by atoms with Crippen LogP contribution in [0.5, 0.6) is 5.75 Å². The zero-order chi connectivity index (χ0) is 33.6. The molecular formula is C35H36F2N6O4S. The lowest BCUT2D eigenvalue weighted by Crippen LogP contribution is -2.41. The second kappa shape index (κ2) is 11.1. The van der Waals surface area contributed by atoms with Crippen molar-refractivity contribution in [3.05, 3.63) is 65.2 Å². The van der Waals surface area contributed by atoms with Gasteiger partial charge < -0.3 is 24.5 Å². The number of rotatable bonds is 8. The van der Waals surface area contributed by atoms with Crippen LogP contribution in [0.1, 0.15) is 41.6 Å². The summed E-state index contributed by atoms with van der Waals surface area (Å²) in [7, 11) is -0.0729. The summed E-state index contributed by atoms with van der Waals surface area (Å²) in [5.41, 5.74) is 9.62. The van der Waals surface area contributed by atoms with Gasteiger partial charge in [0, 0.05) is 60.6 Å². The highest BCUT2D eigenvalue weighted by Gasteiger charge is 2.47. The number of imidazole rings is 1. The summed E-state index contributed by atoms with van der Waals surface area (Å²) < 4.78 is 63.6. The molecule has 1 amide bonds. The maximum Gasteiger partial charge on any atom is 0.254 e. The third-order valence-corrected chi connectivity index (χ3v) is 11.1. The Bertz CT molecular complexity index is 2260. The van der Waals surface area contributed by atoms with Crippen LogP contribution in [0.15, 0.2) is 42.5 Å². The summed E-state index contributed by atoms with van der Waals surface area (Å²) in [6.45, 7) is 1.33. The Balaban J connectivity index is 1.22. The molecule has 2 aliphatic carbocycles. The van der Waals surface area contributed by atoms with Crippen molar-refractivity contribution in [2.45, 2.75) is 50.1 Å². The number of methoxy groups -OCH3 is 1. The number of piperidine rings is 1. The van der Waals surface area contributed by atoms with Crippen LogP contribution in [0.25, 0.3) is 44.8 Å². The van der Waals surface area contributed by atoms with E-state index in [0.717, 1.165) is 60.7 Å². The number of likely N-dealkylation sites (tertiary alicyclic amines) is 1. The maximum atomic E-state index is 15.3. The minimum atomic E-state index is -3.55. The van der Waals surface area contributed by atoms with E-state index in [-0.39, 0.29) is 34.8 Å². The Kier molecular flexibility index (Phi) is 7.15. The minimum Gasteiger partial charge on any atom is -0.494 e. The molecule has 3 atom stereocenters. The smallest absolute Gasteiger partial charge is 0.254 e. The van der Waals surface area contributed by atoms with Gasteiger partial charge in [-0.15, -0.1) is 0 Å². The third-order valence-electron chi connectivity index (χ3n) is 10.3. The normalized spacial score (nSPS) is 20.8. The van der Waals surface area contributed by atoms with Crippen LogP contribution >= 0.6 is 0 Å². The number of pyridine rings is 1. The third kappa shape index (κ3) is 5.14. The summed E-state index contributed by atoms with van der Waals surface area (Å²) in [4.78, 5) is 25.5. The molecule has 1 aliphatic heterocycles. The summed E-state index contributed by atoms with van der Waals surface area (Å²) in [6, 6.07) is 11.0. The molecule has 4 heterocycles. The number of carbonyl (C=O) groups excluding carboxylic acids is 1. The zero-order valence-electron chi connectivity index (χ0n) is 26.9. The van der Waals surface area contributed by atoms with Gasteiger partial charge in [-0.2, -0.15) is 0 Å². The van der Waals surface area contributed by atoms with E-state index in [0.29, 0.717) is 53.2 Å². The number of aryl methyl sites for hydroxylation is 1. The largest absolute Gasteiger partial charge is 0.494 e. The first-order valence-electron chi connectivity index (χ1n) is 16.2. The zero-order valence-corrected chi connectivity index (χ0v) is 27.7. The first-order valence-corrected chi connectivity index (χ1v) is 18.2. The summed E-state index contributed by atoms with van der Waals surface area (Å²) in [5, 5.41) is 0.805. The van der Waals surface area contributed by atoms with Crippen LogP contribution in [0, 0.1) is 23.5 Å². The van der Waals surface area contributed by atoms with Gasteiger partial charge in [0.05, 0.1) is 29.8 Å². The highest BCUT2D eigenvalue weighted by molar-refractivity contribution is 7.89. The quantitative estimate of drug-likeness (QED) is 0.244. The van der Waals surface area contributed by atoms with Crippen LogP contribution in [-0.2, 0) is 29.2 Å². The van der Waals surface area contributed by atoms with Gasteiger partial charge in [-0.3, -0.25) is 4.79 Å². The van der Waals surface area contributed by atoms with E-state index in [1.165, 1.54) is 0 Å². The second-order valence-corrected chi connectivity index (χ2v) is 15.8. The van der Waals surface area contributed by atoms with Gasteiger partial charge in [0.15, 0.2) is 15.7 Å². The van der Waals surface area contributed by atoms with E-state index in [1.807, 2.05) is 34.7 Å². The number of nitrogens with zero attached hydrogens (tertiary/aromatic N) is 5. The Morgan fingerprint density at radius 3 is 2.50 bits per heavy atom. The van der Waals surface area contributed by atoms with Crippen LogP contribution in [0.4, 0.5) is 8.78 Å². The number of fused-ring (bicyclic) bond motifs is 4. The van der Waals surface area contributed by atoms with E-state index in [2.05, 4.69) is 4.57 Å². The molecule has 3 aliphatic rings. The standard InChI is InChI=1S/C35H36F2N6O4S/c1-41-32-27(11-21(13-30(32)47-2)35(44)43-16-20-7-9-28(43)31(20)38)40-34(41)29-12-19-6-8-26(39-33(19)42(29)15-18-4-5-18)23-14-24(36)22(10-25(23)37)17-48(3,45)46/h6,8,10-14,18,20,28,31H,4-5,7,9,15-17,38H2,1-3H3/t20?,28?,31-/m1/s1. The monoisotopic (exact) mass is 674 g/mol. The fraction of sp³-hybridized carbons (Fsp3) is 0.400. The van der Waals surface area contributed by atoms with Crippen LogP contribution < -0.4 is 10.5 Å². The van der Waals surface area contributed by atoms with Crippen molar-refractivity contribution in [1.82, 2.24) is 24.0 Å². The number of amides is 1. The van der Waals surface area contributed by atoms with Gasteiger partial charge >= 0.3 is 0 Å². The molecule has 250 valence electrons. The van der Waals surface area contributed by atoms with Crippen LogP contribution in [-0.4, -0.2) is 70.3 Å². The lowest BCUT2D eigenvalue weighted by molar-refractivity contribution is 0.0700. The number of carbonyl (C=O) groups is 1. The molecule has 2 saturated carbocycles. The van der Waals surface area contributed by atoms with Crippen molar-refractivity contribution in [2.24, 2.45) is 24.6 Å². The van der Waals surface area contributed by atoms with Crippen LogP contribution in [0.2, 0.25) is 0 Å². The topological polar surface area (TPSA) is 125 Å². The predicted molar refractivity (Wildman–Crippen MR) is 178 cm³/mol. The molecule has 0 spiro atoms. The highest BCUT2D eigenvalue weighted by atomic mass is 32.2. The molecule has 2 aromatic carbocycles. The lowest BCUT2D eigenvalue weighted by Gasteiger charge is -2.27. The van der Waals surface area contributed by atoms with Gasteiger partial charge in [-0.1, -0.05) is 0 Å². The van der Waals surface area contributed by atoms with Crippen LogP contribution in [0.3, 0.4) is 0 Å². The average Bonchev–Trinajstić information content (AvgIpc) is 3.45. The van der Waals surface area contributed by atoms with E-state index in [1.54, 1.807) is 19.2 Å². The summed E-state index contributed by atoms with van der Waals surface area (Å²) in [6.07, 6.45) is 5.10. The lowest BCUT2D eigenvalue weighted by atomic mass is 10.1. The fourth-order valence-electron chi connectivity index (χ4n) is 7.65. The Morgan fingerprint density at radius 2 is 1.83 bits per heavy atom. The fourth-order valence-corrected chi connectivity index (χ4v) is 8.44. The molecule has 3 fully saturated rings. The number of aromatic nitrogens is 4. The molecule has 2 unspecified atom stereocenters. The molecule has 2 bridgehead atoms. The predicted octanol–water partition coefficient (Wildman–Crippen LogP) is 5.06. The van der Waals surface area contributed by atoms with E-state index in [4.69, 9.17) is 20.4 Å².